The number of carbonyl (C=O) groups excluding carboxylic acids is 1. The Kier molecular flexibility index (Phi) is 6.50. The second-order valence-electron chi connectivity index (χ2n) is 5.92. The Morgan fingerprint density at radius 1 is 1.21 bits per heavy atom. The van der Waals surface area contributed by atoms with Crippen LogP contribution in [0.25, 0.3) is 0 Å². The number of hydrogen-bond donors (Lipinski definition) is 2. The lowest BCUT2D eigenvalue weighted by atomic mass is 10.2. The van der Waals surface area contributed by atoms with Crippen LogP contribution in [0.3, 0.4) is 0 Å². The molecule has 1 amide bonds. The number of benzene rings is 1. The molecule has 0 fully saturated rings. The second-order valence-corrected chi connectivity index (χ2v) is 8.91. The fraction of sp³-hybridized carbons (Fsp3) is 0.176. The predicted octanol–water partition coefficient (Wildman–Crippen LogP) is 3.48. The first kappa shape index (κ1) is 21.2. The van der Waals surface area contributed by atoms with Gasteiger partial charge in [-0.05, 0) is 58.7 Å². The summed E-state index contributed by atoms with van der Waals surface area (Å²) >= 11 is 8.95. The average molecular weight is 500 g/mol. The number of nitrogens with one attached hydrogen (secondary N) is 2. The molecule has 0 aliphatic heterocycles. The number of hydrogen-bond acceptors (Lipinski definition) is 6. The molecule has 29 heavy (non-hydrogen) atoms. The van der Waals surface area contributed by atoms with Crippen LogP contribution >= 0.6 is 27.5 Å². The molecule has 0 aliphatic carbocycles. The van der Waals surface area contributed by atoms with E-state index in [0.29, 0.717) is 12.1 Å². The van der Waals surface area contributed by atoms with E-state index in [-0.39, 0.29) is 21.8 Å². The van der Waals surface area contributed by atoms with Crippen LogP contribution < -0.4 is 10.0 Å². The number of anilines is 2. The molecule has 2 aromatic heterocycles. The lowest BCUT2D eigenvalue weighted by Gasteiger charge is -2.15. The molecule has 152 valence electrons. The molecule has 2 N–H and O–H groups in total. The summed E-state index contributed by atoms with van der Waals surface area (Å²) in [6.45, 7) is 1.88. The Hall–Kier alpha value is -2.50. The van der Waals surface area contributed by atoms with E-state index in [2.05, 4.69) is 41.3 Å². The van der Waals surface area contributed by atoms with Crippen molar-refractivity contribution < 1.29 is 13.2 Å². The zero-order valence-electron chi connectivity index (χ0n) is 15.1. The third-order valence-electron chi connectivity index (χ3n) is 3.88. The molecule has 0 spiro atoms. The van der Waals surface area contributed by atoms with Gasteiger partial charge in [0.05, 0.1) is 15.6 Å². The lowest BCUT2D eigenvalue weighted by molar-refractivity contribution is -0.119. The van der Waals surface area contributed by atoms with Gasteiger partial charge in [0.25, 0.3) is 10.0 Å². The average Bonchev–Trinajstić information content (AvgIpc) is 3.10. The van der Waals surface area contributed by atoms with Gasteiger partial charge in [-0.25, -0.2) is 8.42 Å². The number of carbonyl (C=O) groups is 1. The highest BCUT2D eigenvalue weighted by Gasteiger charge is 2.20. The molecule has 2 heterocycles. The molecular formula is C17H16BrClN6O3S. The Morgan fingerprint density at radius 3 is 2.48 bits per heavy atom. The zero-order chi connectivity index (χ0) is 21.0. The first-order valence-corrected chi connectivity index (χ1v) is 11.1. The van der Waals surface area contributed by atoms with Crippen LogP contribution in [0, 0.1) is 0 Å². The van der Waals surface area contributed by atoms with Crippen LogP contribution in [0.15, 0.2) is 58.2 Å². The van der Waals surface area contributed by atoms with Crippen LogP contribution in [0.4, 0.5) is 11.5 Å². The molecule has 9 nitrogen and oxygen atoms in total. The third-order valence-corrected chi connectivity index (χ3v) is 5.86. The summed E-state index contributed by atoms with van der Waals surface area (Å²) in [6, 6.07) is 8.11. The summed E-state index contributed by atoms with van der Waals surface area (Å²) in [5, 5.41) is 14.3. The van der Waals surface area contributed by atoms with Crippen molar-refractivity contribution >= 4 is 55.0 Å². The van der Waals surface area contributed by atoms with Crippen LogP contribution in [0.1, 0.15) is 19.4 Å². The molecule has 0 saturated heterocycles. The van der Waals surface area contributed by atoms with Gasteiger partial charge < -0.3 is 5.32 Å². The first-order valence-electron chi connectivity index (χ1n) is 8.41. The largest absolute Gasteiger partial charge is 0.324 e. The minimum atomic E-state index is -3.86. The van der Waals surface area contributed by atoms with Gasteiger partial charge in [-0.2, -0.15) is 5.10 Å². The lowest BCUT2D eigenvalue weighted by Crippen LogP contribution is -2.26. The van der Waals surface area contributed by atoms with Gasteiger partial charge in [-0.1, -0.05) is 18.5 Å². The second kappa shape index (κ2) is 8.89. The van der Waals surface area contributed by atoms with Crippen molar-refractivity contribution in [2.75, 3.05) is 10.0 Å². The van der Waals surface area contributed by atoms with E-state index in [1.54, 1.807) is 17.1 Å². The van der Waals surface area contributed by atoms with Gasteiger partial charge in [0, 0.05) is 11.9 Å². The molecule has 12 heteroatoms. The van der Waals surface area contributed by atoms with Crippen LogP contribution in [-0.4, -0.2) is 34.3 Å². The van der Waals surface area contributed by atoms with Gasteiger partial charge in [0.1, 0.15) is 6.04 Å². The van der Waals surface area contributed by atoms with E-state index in [1.165, 1.54) is 36.4 Å². The first-order chi connectivity index (χ1) is 13.8. The summed E-state index contributed by atoms with van der Waals surface area (Å²) < 4.78 is 29.5. The van der Waals surface area contributed by atoms with Crippen molar-refractivity contribution in [2.24, 2.45) is 0 Å². The smallest absolute Gasteiger partial charge is 0.263 e. The standard InChI is InChI=1S/C17H16BrClN6O3S/c1-2-14(25-10-11(18)9-20-25)17(26)21-12-3-5-13(6-4-12)29(27,28)24-16-8-7-15(19)22-23-16/h3-10,14H,2H2,1H3,(H,21,26)(H,23,24). The van der Waals surface area contributed by atoms with Crippen LogP contribution in [-0.2, 0) is 14.8 Å². The Labute approximate surface area is 180 Å². The van der Waals surface area contributed by atoms with Gasteiger partial charge in [0.2, 0.25) is 5.91 Å². The number of nitrogens with zero attached hydrogens (tertiary/aromatic N) is 4. The highest BCUT2D eigenvalue weighted by atomic mass is 79.9. The summed E-state index contributed by atoms with van der Waals surface area (Å²) in [7, 11) is -3.86. The quantitative estimate of drug-likeness (QED) is 0.514. The molecule has 0 saturated carbocycles. The molecule has 3 rings (SSSR count). The van der Waals surface area contributed by atoms with Crippen molar-refractivity contribution in [1.82, 2.24) is 20.0 Å². The monoisotopic (exact) mass is 498 g/mol. The minimum Gasteiger partial charge on any atom is -0.324 e. The predicted molar refractivity (Wildman–Crippen MR) is 112 cm³/mol. The fourth-order valence-corrected chi connectivity index (χ4v) is 3.89. The number of aromatic nitrogens is 4. The Bertz CT molecular complexity index is 1100. The van der Waals surface area contributed by atoms with E-state index in [1.807, 2.05) is 6.92 Å². The van der Waals surface area contributed by atoms with E-state index in [9.17, 15) is 13.2 Å². The summed E-state index contributed by atoms with van der Waals surface area (Å²) in [5.74, 6) is -0.212. The molecule has 0 bridgehead atoms. The van der Waals surface area contributed by atoms with E-state index in [4.69, 9.17) is 11.6 Å². The maximum Gasteiger partial charge on any atom is 0.263 e. The minimum absolute atomic E-state index is 0.00953. The molecule has 1 unspecified atom stereocenters. The summed E-state index contributed by atoms with van der Waals surface area (Å²) in [5.41, 5.74) is 0.463. The number of sulfonamides is 1. The molecule has 0 aliphatic rings. The molecule has 1 atom stereocenters. The number of halogens is 2. The highest BCUT2D eigenvalue weighted by molar-refractivity contribution is 9.10. The Morgan fingerprint density at radius 2 is 1.93 bits per heavy atom. The number of amides is 1. The Balaban J connectivity index is 1.70. The van der Waals surface area contributed by atoms with E-state index in [0.717, 1.165) is 4.47 Å². The van der Waals surface area contributed by atoms with Crippen molar-refractivity contribution in [1.29, 1.82) is 0 Å². The van der Waals surface area contributed by atoms with Crippen molar-refractivity contribution in [2.45, 2.75) is 24.3 Å². The van der Waals surface area contributed by atoms with E-state index >= 15 is 0 Å². The third kappa shape index (κ3) is 5.31. The van der Waals surface area contributed by atoms with Crippen molar-refractivity contribution in [3.8, 4) is 0 Å². The van der Waals surface area contributed by atoms with Crippen molar-refractivity contribution in [3.05, 3.63) is 58.4 Å². The van der Waals surface area contributed by atoms with Gasteiger partial charge in [0.15, 0.2) is 11.0 Å². The van der Waals surface area contributed by atoms with E-state index < -0.39 is 16.1 Å². The SMILES string of the molecule is CCC(C(=O)Nc1ccc(S(=O)(=O)Nc2ccc(Cl)nn2)cc1)n1cc(Br)cn1. The molecule has 1 aromatic carbocycles. The number of rotatable bonds is 7. The molecule has 0 radical (unpaired) electrons. The fourth-order valence-electron chi connectivity index (χ4n) is 2.49. The van der Waals surface area contributed by atoms with Gasteiger partial charge >= 0.3 is 0 Å². The highest BCUT2D eigenvalue weighted by Crippen LogP contribution is 2.20. The molecule has 3 aromatic rings. The zero-order valence-corrected chi connectivity index (χ0v) is 18.2. The van der Waals surface area contributed by atoms with Gasteiger partial charge in [-0.15, -0.1) is 10.2 Å². The topological polar surface area (TPSA) is 119 Å². The van der Waals surface area contributed by atoms with Gasteiger partial charge in [-0.3, -0.25) is 14.2 Å². The van der Waals surface area contributed by atoms with Crippen LogP contribution in [0.2, 0.25) is 5.15 Å². The maximum absolute atomic E-state index is 12.6. The van der Waals surface area contributed by atoms with Crippen LogP contribution in [0.5, 0.6) is 0 Å². The summed E-state index contributed by atoms with van der Waals surface area (Å²) in [6.07, 6.45) is 3.86. The van der Waals surface area contributed by atoms with Crippen molar-refractivity contribution in [3.63, 3.8) is 0 Å². The maximum atomic E-state index is 12.6. The normalized spacial score (nSPS) is 12.4. The summed E-state index contributed by atoms with van der Waals surface area (Å²) in [4.78, 5) is 12.6. The molecular weight excluding hydrogens is 484 g/mol.